The molecule has 11 heavy (non-hydrogen) atoms. The number of carbonyl (C=O) groups is 1. The van der Waals surface area contributed by atoms with Crippen molar-refractivity contribution in [2.45, 2.75) is 6.92 Å². The van der Waals surface area contributed by atoms with Crippen molar-refractivity contribution in [2.24, 2.45) is 5.73 Å². The van der Waals surface area contributed by atoms with Crippen LogP contribution >= 0.6 is 7.82 Å². The fourth-order valence-electron chi connectivity index (χ4n) is 0. The molecule has 0 bridgehead atoms. The maximum absolute atomic E-state index is 9.22. The Morgan fingerprint density at radius 3 is 1.36 bits per heavy atom. The van der Waals surface area contributed by atoms with Crippen molar-refractivity contribution < 1.29 is 28.2 Å². The van der Waals surface area contributed by atoms with Gasteiger partial charge in [-0.05, 0) is 12.5 Å². The maximum Gasteiger partial charge on any atom is 0.466 e. The first-order valence-electron chi connectivity index (χ1n) is 1.98. The zero-order valence-corrected chi connectivity index (χ0v) is 7.49. The summed E-state index contributed by atoms with van der Waals surface area (Å²) >= 11 is 1.72. The minimum absolute atomic E-state index is 0.333. The Bertz CT molecular complexity index is 131. The highest BCUT2D eigenvalue weighted by atomic mass is 32.1. The molecule has 9 heteroatoms. The number of carbonyl (C=O) groups excluding carboxylic acids is 1. The summed E-state index contributed by atoms with van der Waals surface area (Å²) in [5.74, 6) is -0.333. The fourth-order valence-corrected chi connectivity index (χ4v) is 0. The van der Waals surface area contributed by atoms with E-state index in [1.165, 1.54) is 6.92 Å². The number of hydrogen-bond acceptors (Lipinski definition) is 3. The molecule has 0 aliphatic heterocycles. The van der Waals surface area contributed by atoms with Crippen LogP contribution in [0.1, 0.15) is 6.92 Å². The third-order valence-electron chi connectivity index (χ3n) is 0. The number of rotatable bonds is 0. The lowest BCUT2D eigenvalue weighted by Crippen LogP contribution is -2.01. The normalized spacial score (nSPS) is 8.09. The van der Waals surface area contributed by atoms with Crippen LogP contribution in [0.3, 0.4) is 0 Å². The summed E-state index contributed by atoms with van der Waals surface area (Å²) in [6, 6.07) is 0. The molecule has 0 aromatic heterocycles. The molecule has 0 aromatic carbocycles. The monoisotopic (exact) mass is 207 g/mol. The number of amides is 1. The van der Waals surface area contributed by atoms with Gasteiger partial charge in [0.15, 0.2) is 0 Å². The minimum atomic E-state index is -4.64. The quantitative estimate of drug-likeness (QED) is 0.329. The van der Waals surface area contributed by atoms with Gasteiger partial charge in [-0.15, -0.1) is 0 Å². The molecule has 0 saturated carbocycles. The Kier molecular flexibility index (Phi) is 15.0. The molecule has 0 rings (SSSR count). The van der Waals surface area contributed by atoms with Crippen LogP contribution in [0.2, 0.25) is 0 Å². The van der Waals surface area contributed by atoms with Crippen LogP contribution in [0.25, 0.3) is 0 Å². The summed E-state index contributed by atoms with van der Waals surface area (Å²) < 4.78 is 16.9. The zero-order chi connectivity index (χ0) is 10.1. The van der Waals surface area contributed by atoms with Gasteiger partial charge >= 0.3 is 7.82 Å². The summed E-state index contributed by atoms with van der Waals surface area (Å²) in [6.45, 7) is 1.31. The largest absolute Gasteiger partial charge is 0.466 e. The highest BCUT2D eigenvalue weighted by molar-refractivity contribution is 7.45. The van der Waals surface area contributed by atoms with Gasteiger partial charge in [0.1, 0.15) is 0 Å². The third-order valence-corrected chi connectivity index (χ3v) is 0. The number of phosphoric acid groups is 1. The molecular formula is C2H10NO6PS. The molecule has 0 radical (unpaired) electrons. The van der Waals surface area contributed by atoms with Crippen molar-refractivity contribution in [1.29, 1.82) is 0 Å². The van der Waals surface area contributed by atoms with Crippen molar-refractivity contribution in [3.8, 4) is 0 Å². The number of hydrogen-bond donors (Lipinski definition) is 4. The van der Waals surface area contributed by atoms with Crippen LogP contribution in [0.4, 0.5) is 0 Å². The molecule has 0 atom stereocenters. The number of primary amides is 1. The van der Waals surface area contributed by atoms with Crippen LogP contribution in [0.15, 0.2) is 0 Å². The summed E-state index contributed by atoms with van der Waals surface area (Å²) in [6.07, 6.45) is 0. The maximum atomic E-state index is 9.22. The molecule has 70 valence electrons. The third kappa shape index (κ3) is 7980. The lowest BCUT2D eigenvalue weighted by atomic mass is 10.8. The summed E-state index contributed by atoms with van der Waals surface area (Å²) in [4.78, 5) is 30.8. The molecule has 0 aromatic rings. The van der Waals surface area contributed by atoms with Crippen LogP contribution in [-0.2, 0) is 21.9 Å². The Morgan fingerprint density at radius 2 is 1.36 bits per heavy atom. The van der Waals surface area contributed by atoms with Crippen LogP contribution in [0, 0.1) is 0 Å². The molecule has 0 fully saturated rings. The minimum Gasteiger partial charge on any atom is -0.370 e. The van der Waals surface area contributed by atoms with Crippen molar-refractivity contribution in [3.05, 3.63) is 0 Å². The van der Waals surface area contributed by atoms with Crippen LogP contribution in [-0.4, -0.2) is 24.8 Å². The lowest BCUT2D eigenvalue weighted by Gasteiger charge is -1.82. The van der Waals surface area contributed by atoms with Gasteiger partial charge in [0, 0.05) is 6.92 Å². The average molecular weight is 207 g/mol. The zero-order valence-electron chi connectivity index (χ0n) is 5.59. The predicted molar refractivity (Wildman–Crippen MR) is 40.1 cm³/mol. The van der Waals surface area contributed by atoms with Gasteiger partial charge in [0.25, 0.3) is 0 Å². The second-order valence-corrected chi connectivity index (χ2v) is 2.15. The molecule has 0 unspecified atom stereocenters. The Labute approximate surface area is 68.0 Å². The first kappa shape index (κ1) is 17.0. The first-order chi connectivity index (χ1) is 4.73. The van der Waals surface area contributed by atoms with Gasteiger partial charge in [-0.1, -0.05) is 0 Å². The van der Waals surface area contributed by atoms with E-state index in [4.69, 9.17) is 23.5 Å². The molecule has 0 saturated heterocycles. The van der Waals surface area contributed by atoms with Gasteiger partial charge in [-0.3, -0.25) is 9.00 Å². The van der Waals surface area contributed by atoms with E-state index in [0.717, 1.165) is 0 Å². The van der Waals surface area contributed by atoms with E-state index in [9.17, 15) is 4.79 Å². The van der Waals surface area contributed by atoms with Crippen molar-refractivity contribution in [3.63, 3.8) is 0 Å². The molecule has 5 N–H and O–H groups in total. The Balaban J connectivity index is -0.0000000965. The molecule has 0 heterocycles. The lowest BCUT2D eigenvalue weighted by molar-refractivity contribution is -0.115. The highest BCUT2D eigenvalue weighted by Crippen LogP contribution is 2.25. The molecule has 0 aliphatic rings. The SMILES string of the molecule is CC(N)=O.O=P(O)(O)O.O=[SH2]. The summed E-state index contributed by atoms with van der Waals surface area (Å²) in [5, 5.41) is 0. The fraction of sp³-hybridized carbons (Fsp3) is 0.500. The second kappa shape index (κ2) is 9.73. The highest BCUT2D eigenvalue weighted by Gasteiger charge is 2.00. The second-order valence-electron chi connectivity index (χ2n) is 1.12. The smallest absolute Gasteiger partial charge is 0.370 e. The first-order valence-corrected chi connectivity index (χ1v) is 3.95. The van der Waals surface area contributed by atoms with E-state index in [0.29, 0.717) is 0 Å². The van der Waals surface area contributed by atoms with Crippen LogP contribution < -0.4 is 5.73 Å². The predicted octanol–water partition coefficient (Wildman–Crippen LogP) is -2.31. The topological polar surface area (TPSA) is 138 Å². The van der Waals surface area contributed by atoms with E-state index >= 15 is 0 Å². The Hall–Kier alpha value is -0.270. The molecule has 0 spiro atoms. The average Bonchev–Trinajstić information content (AvgIpc) is 1.63. The van der Waals surface area contributed by atoms with Gasteiger partial charge < -0.3 is 20.4 Å². The molecule has 7 nitrogen and oxygen atoms in total. The van der Waals surface area contributed by atoms with Gasteiger partial charge in [0.2, 0.25) is 5.91 Å². The van der Waals surface area contributed by atoms with Crippen molar-refractivity contribution >= 4 is 26.3 Å². The van der Waals surface area contributed by atoms with Crippen molar-refractivity contribution in [1.82, 2.24) is 0 Å². The summed E-state index contributed by atoms with van der Waals surface area (Å²) in [5.41, 5.74) is 4.47. The van der Waals surface area contributed by atoms with Gasteiger partial charge in [0.05, 0.1) is 0 Å². The van der Waals surface area contributed by atoms with E-state index in [1.54, 1.807) is 12.5 Å². The van der Waals surface area contributed by atoms with Gasteiger partial charge in [-0.25, -0.2) is 4.57 Å². The van der Waals surface area contributed by atoms with Crippen LogP contribution in [0.5, 0.6) is 0 Å². The summed E-state index contributed by atoms with van der Waals surface area (Å²) in [7, 11) is -4.64. The standard InChI is InChI=1S/C2H5NO.H3O4P.H2OS/c1-2(3)4;1-5(2,3)4;1-2/h1H3,(H2,3,4);(H3,1,2,3,4);2H2. The van der Waals surface area contributed by atoms with E-state index in [-0.39, 0.29) is 5.91 Å². The van der Waals surface area contributed by atoms with E-state index in [2.05, 4.69) is 5.73 Å². The molecule has 1 amide bonds. The van der Waals surface area contributed by atoms with E-state index in [1.807, 2.05) is 0 Å². The Morgan fingerprint density at radius 1 is 1.36 bits per heavy atom. The molecular weight excluding hydrogens is 197 g/mol. The van der Waals surface area contributed by atoms with Gasteiger partial charge in [-0.2, -0.15) is 0 Å². The van der Waals surface area contributed by atoms with Crippen molar-refractivity contribution in [2.75, 3.05) is 0 Å². The number of nitrogens with two attached hydrogens (primary N) is 1. The van der Waals surface area contributed by atoms with E-state index < -0.39 is 7.82 Å². The molecule has 0 aliphatic carbocycles.